The molecule has 26 heavy (non-hydrogen) atoms. The summed E-state index contributed by atoms with van der Waals surface area (Å²) in [7, 11) is 0. The molecule has 1 aromatic carbocycles. The Balaban J connectivity index is 1.38. The molecule has 2 amide bonds. The lowest BCUT2D eigenvalue weighted by Gasteiger charge is -2.11. The number of carbonyl (C=O) groups excluding carboxylic acids is 1. The van der Waals surface area contributed by atoms with Crippen molar-refractivity contribution in [3.8, 4) is 5.82 Å². The van der Waals surface area contributed by atoms with Crippen LogP contribution < -0.4 is 10.6 Å². The average Bonchev–Trinajstić information content (AvgIpc) is 3.33. The summed E-state index contributed by atoms with van der Waals surface area (Å²) >= 11 is 0. The summed E-state index contributed by atoms with van der Waals surface area (Å²) in [5.74, 6) is 0.501. The predicted molar refractivity (Wildman–Crippen MR) is 95.9 cm³/mol. The second-order valence-electron chi connectivity index (χ2n) is 5.52. The fraction of sp³-hybridized carbons (Fsp3) is 0.118. The van der Waals surface area contributed by atoms with Crippen molar-refractivity contribution >= 4 is 22.8 Å². The lowest BCUT2D eigenvalue weighted by atomic mass is 10.3. The molecule has 0 atom stereocenters. The van der Waals surface area contributed by atoms with Gasteiger partial charge in [0, 0.05) is 19.3 Å². The van der Waals surface area contributed by atoms with Crippen molar-refractivity contribution in [2.24, 2.45) is 0 Å². The number of carbonyl (C=O) groups is 1. The van der Waals surface area contributed by atoms with Crippen molar-refractivity contribution in [3.05, 3.63) is 61.6 Å². The topological polar surface area (TPSA) is 103 Å². The van der Waals surface area contributed by atoms with E-state index in [0.717, 1.165) is 11.0 Å². The summed E-state index contributed by atoms with van der Waals surface area (Å²) < 4.78 is 3.49. The molecule has 0 aliphatic carbocycles. The number of imidazole rings is 1. The average molecular weight is 348 g/mol. The Hall–Kier alpha value is -3.75. The number of fused-ring (bicyclic) bond motifs is 1. The first-order valence-electron chi connectivity index (χ1n) is 8.06. The van der Waals surface area contributed by atoms with Gasteiger partial charge in [0.1, 0.15) is 12.7 Å². The number of amides is 2. The number of nitrogens with zero attached hydrogens (tertiary/aromatic N) is 6. The summed E-state index contributed by atoms with van der Waals surface area (Å²) in [6.45, 7) is 1.09. The van der Waals surface area contributed by atoms with Crippen LogP contribution in [0.2, 0.25) is 0 Å². The van der Waals surface area contributed by atoms with Gasteiger partial charge in [-0.2, -0.15) is 5.10 Å². The smallest absolute Gasteiger partial charge is 0.319 e. The van der Waals surface area contributed by atoms with Crippen molar-refractivity contribution in [2.75, 3.05) is 11.9 Å². The fourth-order valence-corrected chi connectivity index (χ4v) is 2.64. The van der Waals surface area contributed by atoms with E-state index in [1.807, 2.05) is 28.8 Å². The van der Waals surface area contributed by atoms with E-state index < -0.39 is 0 Å². The number of pyridine rings is 1. The molecule has 4 rings (SSSR count). The third-order valence-electron chi connectivity index (χ3n) is 3.84. The molecule has 130 valence electrons. The van der Waals surface area contributed by atoms with Crippen LogP contribution in [-0.4, -0.2) is 41.9 Å². The number of aromatic nitrogens is 6. The highest BCUT2D eigenvalue weighted by molar-refractivity contribution is 5.90. The first-order valence-corrected chi connectivity index (χ1v) is 8.06. The number of benzene rings is 1. The SMILES string of the molecule is O=C(NCCn1cnc2ccccc21)Nc1cccnc1-n1cncn1. The molecule has 2 N–H and O–H groups in total. The molecule has 0 bridgehead atoms. The molecule has 0 saturated heterocycles. The van der Waals surface area contributed by atoms with Gasteiger partial charge in [0.25, 0.3) is 0 Å². The molecule has 0 radical (unpaired) electrons. The number of hydrogen-bond acceptors (Lipinski definition) is 5. The highest BCUT2D eigenvalue weighted by atomic mass is 16.2. The van der Waals surface area contributed by atoms with Crippen LogP contribution in [0.15, 0.2) is 61.6 Å². The summed E-state index contributed by atoms with van der Waals surface area (Å²) in [5.41, 5.74) is 2.52. The molecule has 3 heterocycles. The number of hydrogen-bond donors (Lipinski definition) is 2. The van der Waals surface area contributed by atoms with Crippen LogP contribution >= 0.6 is 0 Å². The van der Waals surface area contributed by atoms with Crippen molar-refractivity contribution < 1.29 is 4.79 Å². The molecule has 0 unspecified atom stereocenters. The third kappa shape index (κ3) is 3.22. The molecular weight excluding hydrogens is 332 g/mol. The highest BCUT2D eigenvalue weighted by Gasteiger charge is 2.09. The number of nitrogens with one attached hydrogen (secondary N) is 2. The van der Waals surface area contributed by atoms with Gasteiger partial charge in [-0.05, 0) is 24.3 Å². The van der Waals surface area contributed by atoms with Crippen LogP contribution in [0, 0.1) is 0 Å². The predicted octanol–water partition coefficient (Wildman–Crippen LogP) is 1.83. The van der Waals surface area contributed by atoms with Crippen molar-refractivity contribution in [2.45, 2.75) is 6.54 Å². The lowest BCUT2D eigenvalue weighted by molar-refractivity contribution is 0.251. The number of para-hydroxylation sites is 2. The van der Waals surface area contributed by atoms with Gasteiger partial charge < -0.3 is 15.2 Å². The Bertz CT molecular complexity index is 1020. The molecule has 4 aromatic rings. The molecule has 0 spiro atoms. The largest absolute Gasteiger partial charge is 0.336 e. The molecule has 0 saturated carbocycles. The number of anilines is 1. The standard InChI is InChI=1S/C17H16N8O/c26-17(20-8-9-24-12-21-13-4-1-2-6-15(13)24)23-14-5-3-7-19-16(14)25-11-18-10-22-25/h1-7,10-12H,8-9H2,(H2,20,23,26). The summed E-state index contributed by atoms with van der Waals surface area (Å²) in [6, 6.07) is 11.1. The third-order valence-corrected chi connectivity index (χ3v) is 3.84. The van der Waals surface area contributed by atoms with Gasteiger partial charge in [0.2, 0.25) is 0 Å². The number of rotatable bonds is 5. The van der Waals surface area contributed by atoms with Crippen molar-refractivity contribution in [1.82, 2.24) is 34.6 Å². The van der Waals surface area contributed by atoms with Gasteiger partial charge in [-0.15, -0.1) is 0 Å². The maximum Gasteiger partial charge on any atom is 0.319 e. The van der Waals surface area contributed by atoms with Crippen molar-refractivity contribution in [3.63, 3.8) is 0 Å². The first kappa shape index (κ1) is 15.8. The monoisotopic (exact) mass is 348 g/mol. The van der Waals surface area contributed by atoms with Gasteiger partial charge in [0.05, 0.1) is 23.0 Å². The fourth-order valence-electron chi connectivity index (χ4n) is 2.64. The van der Waals surface area contributed by atoms with E-state index in [-0.39, 0.29) is 6.03 Å². The Kier molecular flexibility index (Phi) is 4.25. The van der Waals surface area contributed by atoms with E-state index in [9.17, 15) is 4.79 Å². The van der Waals surface area contributed by atoms with Crippen LogP contribution in [0.1, 0.15) is 0 Å². The Morgan fingerprint density at radius 3 is 2.88 bits per heavy atom. The maximum absolute atomic E-state index is 12.2. The Morgan fingerprint density at radius 2 is 2.00 bits per heavy atom. The minimum atomic E-state index is -0.316. The quantitative estimate of drug-likeness (QED) is 0.573. The second-order valence-corrected chi connectivity index (χ2v) is 5.52. The molecule has 0 fully saturated rings. The van der Waals surface area contributed by atoms with Crippen LogP contribution in [0.4, 0.5) is 10.5 Å². The zero-order valence-electron chi connectivity index (χ0n) is 13.8. The van der Waals surface area contributed by atoms with E-state index in [2.05, 4.69) is 30.7 Å². The van der Waals surface area contributed by atoms with Gasteiger partial charge in [-0.3, -0.25) is 0 Å². The van der Waals surface area contributed by atoms with E-state index in [0.29, 0.717) is 24.6 Å². The minimum absolute atomic E-state index is 0.316. The van der Waals surface area contributed by atoms with Crippen LogP contribution in [0.5, 0.6) is 0 Å². The van der Waals surface area contributed by atoms with Gasteiger partial charge >= 0.3 is 6.03 Å². The van der Waals surface area contributed by atoms with Crippen LogP contribution in [0.3, 0.4) is 0 Å². The normalized spacial score (nSPS) is 10.8. The summed E-state index contributed by atoms with van der Waals surface area (Å²) in [5, 5.41) is 9.67. The zero-order chi connectivity index (χ0) is 17.8. The minimum Gasteiger partial charge on any atom is -0.336 e. The van der Waals surface area contributed by atoms with E-state index in [1.165, 1.54) is 17.3 Å². The lowest BCUT2D eigenvalue weighted by Crippen LogP contribution is -2.31. The molecule has 0 aliphatic heterocycles. The number of urea groups is 1. The second kappa shape index (κ2) is 7.01. The maximum atomic E-state index is 12.2. The first-order chi connectivity index (χ1) is 12.8. The zero-order valence-corrected chi connectivity index (χ0v) is 13.8. The Morgan fingerprint density at radius 1 is 1.08 bits per heavy atom. The highest BCUT2D eigenvalue weighted by Crippen LogP contribution is 2.15. The Labute approximate surface area is 148 Å². The van der Waals surface area contributed by atoms with Crippen molar-refractivity contribution in [1.29, 1.82) is 0 Å². The van der Waals surface area contributed by atoms with E-state index in [1.54, 1.807) is 24.7 Å². The molecule has 9 heteroatoms. The van der Waals surface area contributed by atoms with E-state index >= 15 is 0 Å². The molecule has 0 aliphatic rings. The van der Waals surface area contributed by atoms with Gasteiger partial charge in [-0.1, -0.05) is 12.1 Å². The molecule has 9 nitrogen and oxygen atoms in total. The summed E-state index contributed by atoms with van der Waals surface area (Å²) in [6.07, 6.45) is 6.34. The molecular formula is C17H16N8O. The van der Waals surface area contributed by atoms with Gasteiger partial charge in [-0.25, -0.2) is 24.4 Å². The van der Waals surface area contributed by atoms with Crippen LogP contribution in [0.25, 0.3) is 16.9 Å². The van der Waals surface area contributed by atoms with Crippen LogP contribution in [-0.2, 0) is 6.54 Å². The molecule has 3 aromatic heterocycles. The van der Waals surface area contributed by atoms with Gasteiger partial charge in [0.15, 0.2) is 5.82 Å². The summed E-state index contributed by atoms with van der Waals surface area (Å²) in [4.78, 5) is 24.7. The van der Waals surface area contributed by atoms with E-state index in [4.69, 9.17) is 0 Å².